The molecule has 3 nitrogen and oxygen atoms in total. The summed E-state index contributed by atoms with van der Waals surface area (Å²) in [4.78, 5) is 11.4. The maximum atomic E-state index is 12.7. The van der Waals surface area contributed by atoms with Crippen molar-refractivity contribution < 1.29 is 31.5 Å². The van der Waals surface area contributed by atoms with E-state index in [1.165, 1.54) is 0 Å². The predicted octanol–water partition coefficient (Wildman–Crippen LogP) is 5.69. The van der Waals surface area contributed by atoms with Crippen LogP contribution in [0.5, 0.6) is 5.75 Å². The summed E-state index contributed by atoms with van der Waals surface area (Å²) in [6.45, 7) is 1.07. The number of ether oxygens (including phenoxy) is 1. The van der Waals surface area contributed by atoms with Gasteiger partial charge in [-0.1, -0.05) is 37.8 Å². The monoisotopic (exact) mass is 408 g/mol. The Kier molecular flexibility index (Phi) is 10.9. The van der Waals surface area contributed by atoms with E-state index in [0.29, 0.717) is 13.2 Å². The highest BCUT2D eigenvalue weighted by atomic mass is 19.4. The molecule has 1 aromatic rings. The number of rotatable bonds is 14. The summed E-state index contributed by atoms with van der Waals surface area (Å²) in [5, 5.41) is 2.55. The molecule has 159 valence electrons. The van der Waals surface area contributed by atoms with Gasteiger partial charge in [0.05, 0.1) is 6.61 Å². The Bertz CT molecular complexity index is 549. The molecule has 1 aromatic carbocycles. The smallest absolute Gasteiger partial charge is 0.453 e. The molecule has 0 spiro atoms. The van der Waals surface area contributed by atoms with Gasteiger partial charge in [-0.05, 0) is 37.5 Å². The summed E-state index contributed by atoms with van der Waals surface area (Å²) in [5.74, 6) is -4.40. The minimum atomic E-state index is -5.56. The van der Waals surface area contributed by atoms with Gasteiger partial charge in [0, 0.05) is 19.4 Å². The molecule has 0 saturated carbocycles. The third kappa shape index (κ3) is 10.5. The van der Waals surface area contributed by atoms with Crippen LogP contribution in [0.1, 0.15) is 57.8 Å². The fraction of sp³-hybridized carbons (Fsp3) is 0.650. The van der Waals surface area contributed by atoms with Crippen LogP contribution in [0.4, 0.5) is 22.0 Å². The summed E-state index contributed by atoms with van der Waals surface area (Å²) in [6, 6.07) is 10.2. The molecule has 1 amide bonds. The third-order valence-corrected chi connectivity index (χ3v) is 4.16. The fourth-order valence-electron chi connectivity index (χ4n) is 2.52. The molecule has 1 radical (unpaired) electrons. The molecule has 0 heterocycles. The molecule has 0 fully saturated rings. The Morgan fingerprint density at radius 1 is 0.929 bits per heavy atom. The van der Waals surface area contributed by atoms with Gasteiger partial charge >= 0.3 is 12.1 Å². The second kappa shape index (κ2) is 12.6. The first-order valence-corrected chi connectivity index (χ1v) is 9.52. The van der Waals surface area contributed by atoms with Crippen molar-refractivity contribution in [2.45, 2.75) is 69.9 Å². The van der Waals surface area contributed by atoms with E-state index in [4.69, 9.17) is 4.74 Å². The van der Waals surface area contributed by atoms with Crippen LogP contribution in [0, 0.1) is 6.07 Å². The first-order chi connectivity index (χ1) is 13.2. The lowest BCUT2D eigenvalue weighted by Gasteiger charge is -2.19. The maximum Gasteiger partial charge on any atom is 0.453 e. The molecule has 0 saturated heterocycles. The Hall–Kier alpha value is -1.86. The highest BCUT2D eigenvalue weighted by Gasteiger charge is 2.56. The molecular weight excluding hydrogens is 381 g/mol. The number of carbonyl (C=O) groups excluding carboxylic acids is 1. The minimum absolute atomic E-state index is 0.328. The lowest BCUT2D eigenvalue weighted by atomic mass is 10.1. The second-order valence-corrected chi connectivity index (χ2v) is 6.61. The van der Waals surface area contributed by atoms with Gasteiger partial charge < -0.3 is 10.1 Å². The van der Waals surface area contributed by atoms with Gasteiger partial charge in [0.1, 0.15) is 5.75 Å². The molecule has 0 unspecified atom stereocenters. The van der Waals surface area contributed by atoms with Gasteiger partial charge in [-0.15, -0.1) is 0 Å². The van der Waals surface area contributed by atoms with Gasteiger partial charge in [-0.25, -0.2) is 0 Å². The fourth-order valence-corrected chi connectivity index (χ4v) is 2.52. The molecule has 0 aliphatic rings. The first-order valence-electron chi connectivity index (χ1n) is 9.52. The van der Waals surface area contributed by atoms with Crippen molar-refractivity contribution in [1.29, 1.82) is 0 Å². The van der Waals surface area contributed by atoms with Crippen LogP contribution in [0.15, 0.2) is 24.3 Å². The molecule has 0 aliphatic heterocycles. The summed E-state index contributed by atoms with van der Waals surface area (Å²) in [5.41, 5.74) is 0. The molecule has 0 aliphatic carbocycles. The quantitative estimate of drug-likeness (QED) is 0.317. The number of alkyl halides is 5. The topological polar surface area (TPSA) is 38.3 Å². The van der Waals surface area contributed by atoms with Crippen molar-refractivity contribution in [2.75, 3.05) is 13.2 Å². The van der Waals surface area contributed by atoms with E-state index in [9.17, 15) is 26.7 Å². The zero-order chi connectivity index (χ0) is 20.9. The zero-order valence-corrected chi connectivity index (χ0v) is 15.8. The minimum Gasteiger partial charge on any atom is -0.494 e. The molecule has 0 aromatic heterocycles. The lowest BCUT2D eigenvalue weighted by molar-refractivity contribution is -0.284. The van der Waals surface area contributed by atoms with Gasteiger partial charge in [-0.2, -0.15) is 22.0 Å². The second-order valence-electron chi connectivity index (χ2n) is 6.61. The Balaban J connectivity index is 1.91. The van der Waals surface area contributed by atoms with Crippen LogP contribution in [-0.4, -0.2) is 31.2 Å². The number of hydrogen-bond donors (Lipinski definition) is 1. The molecule has 0 bridgehead atoms. The summed E-state index contributed by atoms with van der Waals surface area (Å²) < 4.78 is 67.0. The van der Waals surface area contributed by atoms with E-state index in [2.05, 4.69) is 11.4 Å². The number of unbranched alkanes of at least 4 members (excludes halogenated alkanes) is 5. The van der Waals surface area contributed by atoms with Crippen LogP contribution < -0.4 is 10.1 Å². The normalized spacial score (nSPS) is 12.0. The summed E-state index contributed by atoms with van der Waals surface area (Å²) in [6.07, 6.45) is -2.03. The molecule has 8 heteroatoms. The Morgan fingerprint density at radius 2 is 1.54 bits per heavy atom. The van der Waals surface area contributed by atoms with Crippen molar-refractivity contribution in [3.63, 3.8) is 0 Å². The average Bonchev–Trinajstić information content (AvgIpc) is 2.63. The first kappa shape index (κ1) is 24.2. The number of carbonyl (C=O) groups is 1. The van der Waals surface area contributed by atoms with E-state index in [-0.39, 0.29) is 6.42 Å². The van der Waals surface area contributed by atoms with E-state index in [0.717, 1.165) is 44.3 Å². The Morgan fingerprint density at radius 3 is 2.18 bits per heavy atom. The molecule has 28 heavy (non-hydrogen) atoms. The van der Waals surface area contributed by atoms with Crippen molar-refractivity contribution in [2.24, 2.45) is 0 Å². The lowest BCUT2D eigenvalue weighted by Crippen LogP contribution is -2.36. The molecule has 0 atom stereocenters. The van der Waals surface area contributed by atoms with Crippen LogP contribution >= 0.6 is 0 Å². The standard InChI is InChI=1S/C20H27F5NO2/c21-19(22,20(23,24)25)14-10-13-18(27)26-15-8-3-1-2-4-9-16-28-17-11-6-5-7-12-17/h6-7,11-12H,1-4,8-10,13-16H2,(H,26,27). The van der Waals surface area contributed by atoms with Gasteiger partial charge in [0.2, 0.25) is 5.91 Å². The van der Waals surface area contributed by atoms with Gasteiger partial charge in [0.25, 0.3) is 0 Å². The number of benzene rings is 1. The highest BCUT2D eigenvalue weighted by molar-refractivity contribution is 5.75. The van der Waals surface area contributed by atoms with Crippen molar-refractivity contribution in [3.8, 4) is 5.75 Å². The third-order valence-electron chi connectivity index (χ3n) is 4.16. The van der Waals surface area contributed by atoms with Crippen LogP contribution in [-0.2, 0) is 4.79 Å². The average molecular weight is 408 g/mol. The zero-order valence-electron chi connectivity index (χ0n) is 15.8. The van der Waals surface area contributed by atoms with E-state index in [1.54, 1.807) is 12.1 Å². The van der Waals surface area contributed by atoms with Crippen LogP contribution in [0.25, 0.3) is 0 Å². The van der Waals surface area contributed by atoms with Gasteiger partial charge in [0.15, 0.2) is 0 Å². The predicted molar refractivity (Wildman–Crippen MR) is 96.3 cm³/mol. The Labute approximate surface area is 162 Å². The number of nitrogens with one attached hydrogen (secondary N) is 1. The number of hydrogen-bond acceptors (Lipinski definition) is 2. The number of halogens is 5. The molecule has 1 N–H and O–H groups in total. The maximum absolute atomic E-state index is 12.7. The van der Waals surface area contributed by atoms with Crippen molar-refractivity contribution in [1.82, 2.24) is 5.32 Å². The summed E-state index contributed by atoms with van der Waals surface area (Å²) >= 11 is 0. The van der Waals surface area contributed by atoms with Crippen molar-refractivity contribution in [3.05, 3.63) is 30.3 Å². The van der Waals surface area contributed by atoms with Crippen LogP contribution in [0.3, 0.4) is 0 Å². The molecular formula is C20H27F5NO2. The van der Waals surface area contributed by atoms with E-state index < -0.39 is 30.8 Å². The van der Waals surface area contributed by atoms with Crippen molar-refractivity contribution >= 4 is 5.91 Å². The largest absolute Gasteiger partial charge is 0.494 e. The van der Waals surface area contributed by atoms with E-state index >= 15 is 0 Å². The molecule has 1 rings (SSSR count). The SMILES string of the molecule is O=C(CCCC(F)(F)C(F)(F)F)NCCCCCCCCOc1cc[c]cc1. The van der Waals surface area contributed by atoms with Gasteiger partial charge in [-0.3, -0.25) is 4.79 Å². The van der Waals surface area contributed by atoms with E-state index in [1.807, 2.05) is 12.1 Å². The van der Waals surface area contributed by atoms with Crippen LogP contribution in [0.2, 0.25) is 0 Å². The summed E-state index contributed by atoms with van der Waals surface area (Å²) in [7, 11) is 0. The highest BCUT2D eigenvalue weighted by Crippen LogP contribution is 2.39. The number of amides is 1.